The van der Waals surface area contributed by atoms with Crippen molar-refractivity contribution >= 4 is 27.3 Å². The van der Waals surface area contributed by atoms with Crippen LogP contribution in [0.25, 0.3) is 0 Å². The average Bonchev–Trinajstić information content (AvgIpc) is 2.75. The molecule has 1 atom stereocenters. The van der Waals surface area contributed by atoms with E-state index in [0.29, 0.717) is 0 Å². The Labute approximate surface area is 102 Å². The summed E-state index contributed by atoms with van der Waals surface area (Å²) in [5.74, 6) is -0.816. The van der Waals surface area contributed by atoms with Gasteiger partial charge in [0.05, 0.1) is 18.7 Å². The summed E-state index contributed by atoms with van der Waals surface area (Å²) in [4.78, 5) is 14.9. The lowest BCUT2D eigenvalue weighted by Crippen LogP contribution is -2.31. The fourth-order valence-corrected chi connectivity index (χ4v) is 3.25. The zero-order valence-electron chi connectivity index (χ0n) is 9.21. The number of sulfonamides is 1. The molecule has 2 N–H and O–H groups in total. The molecule has 0 fully saturated rings. The van der Waals surface area contributed by atoms with Crippen molar-refractivity contribution < 1.29 is 23.1 Å². The van der Waals surface area contributed by atoms with E-state index in [-0.39, 0.29) is 16.4 Å². The molecule has 0 spiro atoms. The Morgan fingerprint density at radius 2 is 2.35 bits per heavy atom. The molecular formula is C8H12N2O5S2. The Bertz CT molecular complexity index is 494. The summed E-state index contributed by atoms with van der Waals surface area (Å²) < 4.78 is 29.9. The van der Waals surface area contributed by atoms with Crippen LogP contribution in [0.1, 0.15) is 17.4 Å². The van der Waals surface area contributed by atoms with Gasteiger partial charge in [0.15, 0.2) is 9.90 Å². The number of rotatable bonds is 5. The number of methoxy groups -OCH3 is 1. The molecule has 0 aliphatic rings. The summed E-state index contributed by atoms with van der Waals surface area (Å²) in [5, 5.41) is 9.01. The van der Waals surface area contributed by atoms with Gasteiger partial charge >= 0.3 is 5.97 Å². The van der Waals surface area contributed by atoms with Crippen LogP contribution in [0.5, 0.6) is 0 Å². The number of carbonyl (C=O) groups is 1. The van der Waals surface area contributed by atoms with Gasteiger partial charge in [-0.25, -0.2) is 22.9 Å². The van der Waals surface area contributed by atoms with E-state index in [9.17, 15) is 13.2 Å². The molecule has 1 rings (SSSR count). The van der Waals surface area contributed by atoms with Gasteiger partial charge < -0.3 is 9.84 Å². The number of aliphatic hydroxyl groups excluding tert-OH is 1. The van der Waals surface area contributed by atoms with Gasteiger partial charge in [0, 0.05) is 6.54 Å². The Balaban J connectivity index is 2.99. The van der Waals surface area contributed by atoms with E-state index in [1.165, 1.54) is 12.4 Å². The molecule has 0 saturated carbocycles. The molecule has 0 unspecified atom stereocenters. The van der Waals surface area contributed by atoms with E-state index < -0.39 is 22.1 Å². The van der Waals surface area contributed by atoms with E-state index in [1.54, 1.807) is 0 Å². The highest BCUT2D eigenvalue weighted by atomic mass is 32.2. The van der Waals surface area contributed by atoms with Gasteiger partial charge in [-0.05, 0) is 6.92 Å². The lowest BCUT2D eigenvalue weighted by Gasteiger charge is -2.07. The quantitative estimate of drug-likeness (QED) is 0.710. The third kappa shape index (κ3) is 3.46. The minimum atomic E-state index is -3.85. The molecule has 7 nitrogen and oxygen atoms in total. The predicted molar refractivity (Wildman–Crippen MR) is 60.3 cm³/mol. The predicted octanol–water partition coefficient (Wildman–Crippen LogP) is -0.411. The molecule has 0 aromatic carbocycles. The van der Waals surface area contributed by atoms with Crippen LogP contribution >= 0.6 is 11.3 Å². The highest BCUT2D eigenvalue weighted by molar-refractivity contribution is 7.91. The van der Waals surface area contributed by atoms with Crippen molar-refractivity contribution in [3.05, 3.63) is 11.2 Å². The van der Waals surface area contributed by atoms with Crippen molar-refractivity contribution in [1.29, 1.82) is 0 Å². The largest absolute Gasteiger partial charge is 0.464 e. The molecule has 0 aliphatic carbocycles. The second-order valence-electron chi connectivity index (χ2n) is 3.18. The van der Waals surface area contributed by atoms with Crippen LogP contribution in [-0.4, -0.2) is 44.2 Å². The van der Waals surface area contributed by atoms with Gasteiger partial charge in [0.1, 0.15) is 0 Å². The molecule has 9 heteroatoms. The molecule has 0 bridgehead atoms. The van der Waals surface area contributed by atoms with Crippen LogP contribution < -0.4 is 4.72 Å². The Morgan fingerprint density at radius 3 is 2.88 bits per heavy atom. The molecule has 1 heterocycles. The molecule has 17 heavy (non-hydrogen) atoms. The molecule has 1 aromatic heterocycles. The van der Waals surface area contributed by atoms with Gasteiger partial charge in [-0.1, -0.05) is 0 Å². The van der Waals surface area contributed by atoms with E-state index in [0.717, 1.165) is 18.4 Å². The zero-order valence-corrected chi connectivity index (χ0v) is 10.8. The number of nitrogens with one attached hydrogen (secondary N) is 1. The third-order valence-corrected chi connectivity index (χ3v) is 4.52. The van der Waals surface area contributed by atoms with Gasteiger partial charge in [-0.3, -0.25) is 0 Å². The second kappa shape index (κ2) is 5.54. The summed E-state index contributed by atoms with van der Waals surface area (Å²) in [7, 11) is -2.71. The van der Waals surface area contributed by atoms with Crippen molar-refractivity contribution in [3.8, 4) is 0 Å². The van der Waals surface area contributed by atoms with Gasteiger partial charge in [0.25, 0.3) is 10.0 Å². The zero-order chi connectivity index (χ0) is 13.1. The fourth-order valence-electron chi connectivity index (χ4n) is 0.955. The highest BCUT2D eigenvalue weighted by Gasteiger charge is 2.26. The first-order valence-electron chi connectivity index (χ1n) is 4.58. The first-order valence-corrected chi connectivity index (χ1v) is 6.94. The Morgan fingerprint density at radius 1 is 1.71 bits per heavy atom. The number of hydrogen-bond donors (Lipinski definition) is 2. The monoisotopic (exact) mass is 280 g/mol. The van der Waals surface area contributed by atoms with Crippen LogP contribution in [0.3, 0.4) is 0 Å². The topological polar surface area (TPSA) is 106 Å². The SMILES string of the molecule is COC(=O)c1ncsc1S(=O)(=O)NC[C@@H](C)O. The number of ether oxygens (including phenoxy) is 1. The number of aliphatic hydroxyl groups is 1. The molecule has 0 saturated heterocycles. The smallest absolute Gasteiger partial charge is 0.358 e. The molecule has 0 aliphatic heterocycles. The van der Waals surface area contributed by atoms with Gasteiger partial charge in [-0.15, -0.1) is 11.3 Å². The first kappa shape index (κ1) is 14.0. The highest BCUT2D eigenvalue weighted by Crippen LogP contribution is 2.20. The van der Waals surface area contributed by atoms with Crippen LogP contribution in [0.4, 0.5) is 0 Å². The minimum absolute atomic E-state index is 0.138. The van der Waals surface area contributed by atoms with Crippen LogP contribution in [0.2, 0.25) is 0 Å². The van der Waals surface area contributed by atoms with Crippen LogP contribution in [-0.2, 0) is 14.8 Å². The van der Waals surface area contributed by atoms with Crippen molar-refractivity contribution in [2.75, 3.05) is 13.7 Å². The number of nitrogens with zero attached hydrogens (tertiary/aromatic N) is 1. The van der Waals surface area contributed by atoms with E-state index >= 15 is 0 Å². The number of carbonyl (C=O) groups excluding carboxylic acids is 1. The lowest BCUT2D eigenvalue weighted by atomic mass is 10.4. The molecule has 96 valence electrons. The summed E-state index contributed by atoms with van der Waals surface area (Å²) in [5.41, 5.74) is 0.985. The second-order valence-corrected chi connectivity index (χ2v) is 6.00. The summed E-state index contributed by atoms with van der Waals surface area (Å²) >= 11 is 0.808. The van der Waals surface area contributed by atoms with Gasteiger partial charge in [-0.2, -0.15) is 0 Å². The maximum absolute atomic E-state index is 11.8. The third-order valence-electron chi connectivity index (χ3n) is 1.73. The lowest BCUT2D eigenvalue weighted by molar-refractivity contribution is 0.0590. The molecular weight excluding hydrogens is 268 g/mol. The van der Waals surface area contributed by atoms with E-state index in [1.807, 2.05) is 0 Å². The normalized spacial score (nSPS) is 13.4. The van der Waals surface area contributed by atoms with Crippen molar-refractivity contribution in [2.24, 2.45) is 0 Å². The average molecular weight is 280 g/mol. The summed E-state index contributed by atoms with van der Waals surface area (Å²) in [6.07, 6.45) is -0.820. The van der Waals surface area contributed by atoms with Crippen molar-refractivity contribution in [2.45, 2.75) is 17.2 Å². The summed E-state index contributed by atoms with van der Waals surface area (Å²) in [6.45, 7) is 1.30. The van der Waals surface area contributed by atoms with E-state index in [4.69, 9.17) is 5.11 Å². The number of aromatic nitrogens is 1. The number of thiazole rings is 1. The number of hydrogen-bond acceptors (Lipinski definition) is 7. The standard InChI is InChI=1S/C8H12N2O5S2/c1-5(11)3-10-17(13,14)8-6(7(12)15-2)9-4-16-8/h4-5,10-11H,3H2,1-2H3/t5-/m1/s1. The first-order chi connectivity index (χ1) is 7.88. The Hall–Kier alpha value is -1.03. The van der Waals surface area contributed by atoms with E-state index in [2.05, 4.69) is 14.4 Å². The van der Waals surface area contributed by atoms with Gasteiger partial charge in [0.2, 0.25) is 0 Å². The minimum Gasteiger partial charge on any atom is -0.464 e. The molecule has 1 aromatic rings. The van der Waals surface area contributed by atoms with Crippen LogP contribution in [0, 0.1) is 0 Å². The van der Waals surface area contributed by atoms with Crippen molar-refractivity contribution in [1.82, 2.24) is 9.71 Å². The fraction of sp³-hybridized carbons (Fsp3) is 0.500. The van der Waals surface area contributed by atoms with Crippen LogP contribution in [0.15, 0.2) is 9.72 Å². The molecule has 0 amide bonds. The maximum Gasteiger partial charge on any atom is 0.358 e. The molecule has 0 radical (unpaired) electrons. The Kier molecular flexibility index (Phi) is 4.57. The summed E-state index contributed by atoms with van der Waals surface area (Å²) in [6, 6.07) is 0. The number of esters is 1. The maximum atomic E-state index is 11.8. The van der Waals surface area contributed by atoms with Crippen molar-refractivity contribution in [3.63, 3.8) is 0 Å².